The molecule has 1 aromatic carbocycles. The van der Waals surface area contributed by atoms with Crippen LogP contribution >= 0.6 is 0 Å². The fraction of sp³-hybridized carbons (Fsp3) is 0.500. The van der Waals surface area contributed by atoms with Crippen LogP contribution in [0.15, 0.2) is 18.2 Å². The van der Waals surface area contributed by atoms with E-state index >= 15 is 0 Å². The van der Waals surface area contributed by atoms with Gasteiger partial charge in [-0.1, -0.05) is 13.0 Å². The van der Waals surface area contributed by atoms with Crippen molar-refractivity contribution in [3.63, 3.8) is 0 Å². The number of hydrogen-bond donors (Lipinski definition) is 1. The second-order valence-corrected chi connectivity index (χ2v) is 4.68. The fourth-order valence-electron chi connectivity index (χ4n) is 1.83. The highest BCUT2D eigenvalue weighted by atomic mass is 19.1. The van der Waals surface area contributed by atoms with Crippen LogP contribution in [-0.4, -0.2) is 28.6 Å². The Morgan fingerprint density at radius 2 is 2.11 bits per heavy atom. The zero-order chi connectivity index (χ0) is 13.7. The van der Waals surface area contributed by atoms with Crippen LogP contribution in [-0.2, 0) is 6.54 Å². The summed E-state index contributed by atoms with van der Waals surface area (Å²) >= 11 is 0. The molecule has 18 heavy (non-hydrogen) atoms. The van der Waals surface area contributed by atoms with Crippen molar-refractivity contribution in [1.82, 2.24) is 4.90 Å². The summed E-state index contributed by atoms with van der Waals surface area (Å²) in [5.74, 6) is -1.55. The van der Waals surface area contributed by atoms with Crippen molar-refractivity contribution in [2.75, 3.05) is 6.54 Å². The Bertz CT molecular complexity index is 418. The van der Waals surface area contributed by atoms with Crippen LogP contribution in [0.2, 0.25) is 0 Å². The van der Waals surface area contributed by atoms with E-state index in [9.17, 15) is 9.18 Å². The molecule has 0 aliphatic rings. The SMILES string of the molecule is CCCN(Cc1ccc(C(=O)O)cc1F)C(C)C. The van der Waals surface area contributed by atoms with Gasteiger partial charge in [0.25, 0.3) is 0 Å². The summed E-state index contributed by atoms with van der Waals surface area (Å²) in [4.78, 5) is 12.9. The van der Waals surface area contributed by atoms with Gasteiger partial charge in [0, 0.05) is 18.2 Å². The Balaban J connectivity index is 2.86. The maximum Gasteiger partial charge on any atom is 0.335 e. The second kappa shape index (κ2) is 6.50. The monoisotopic (exact) mass is 253 g/mol. The van der Waals surface area contributed by atoms with Crippen molar-refractivity contribution in [3.05, 3.63) is 35.1 Å². The average molecular weight is 253 g/mol. The van der Waals surface area contributed by atoms with E-state index in [2.05, 4.69) is 25.7 Å². The van der Waals surface area contributed by atoms with Crippen LogP contribution in [0, 0.1) is 5.82 Å². The Hall–Kier alpha value is -1.42. The molecule has 0 saturated carbocycles. The third kappa shape index (κ3) is 3.81. The van der Waals surface area contributed by atoms with Gasteiger partial charge in [-0.15, -0.1) is 0 Å². The van der Waals surface area contributed by atoms with Crippen LogP contribution in [0.5, 0.6) is 0 Å². The summed E-state index contributed by atoms with van der Waals surface area (Å²) < 4.78 is 13.8. The lowest BCUT2D eigenvalue weighted by Gasteiger charge is -2.26. The van der Waals surface area contributed by atoms with Crippen LogP contribution in [0.1, 0.15) is 43.1 Å². The average Bonchev–Trinajstić information content (AvgIpc) is 2.30. The van der Waals surface area contributed by atoms with Crippen molar-refractivity contribution >= 4 is 5.97 Å². The molecule has 1 rings (SSSR count). The van der Waals surface area contributed by atoms with Crippen LogP contribution in [0.25, 0.3) is 0 Å². The standard InChI is InChI=1S/C14H20FNO2/c1-4-7-16(10(2)3)9-12-6-5-11(14(17)18)8-13(12)15/h5-6,8,10H,4,7,9H2,1-3H3,(H,17,18). The van der Waals surface area contributed by atoms with Gasteiger partial charge in [0.2, 0.25) is 0 Å². The van der Waals surface area contributed by atoms with Gasteiger partial charge in [0.1, 0.15) is 5.82 Å². The van der Waals surface area contributed by atoms with E-state index in [1.165, 1.54) is 6.07 Å². The summed E-state index contributed by atoms with van der Waals surface area (Å²) in [5.41, 5.74) is 0.532. The number of aromatic carboxylic acids is 1. The van der Waals surface area contributed by atoms with Crippen molar-refractivity contribution in [1.29, 1.82) is 0 Å². The smallest absolute Gasteiger partial charge is 0.335 e. The minimum atomic E-state index is -1.10. The van der Waals surface area contributed by atoms with Crippen molar-refractivity contribution in [3.8, 4) is 0 Å². The first kappa shape index (κ1) is 14.6. The molecule has 0 atom stereocenters. The fourth-order valence-corrected chi connectivity index (χ4v) is 1.83. The van der Waals surface area contributed by atoms with Crippen molar-refractivity contribution < 1.29 is 14.3 Å². The van der Waals surface area contributed by atoms with E-state index < -0.39 is 11.8 Å². The van der Waals surface area contributed by atoms with Gasteiger partial charge in [0.05, 0.1) is 5.56 Å². The highest BCUT2D eigenvalue weighted by molar-refractivity contribution is 5.87. The molecule has 1 aromatic rings. The van der Waals surface area contributed by atoms with E-state index in [0.717, 1.165) is 19.0 Å². The molecule has 0 saturated heterocycles. The lowest BCUT2D eigenvalue weighted by Crippen LogP contribution is -2.31. The molecule has 4 heteroatoms. The number of carboxylic acid groups (broad SMARTS) is 1. The maximum absolute atomic E-state index is 13.8. The summed E-state index contributed by atoms with van der Waals surface area (Å²) in [6, 6.07) is 4.43. The van der Waals surface area contributed by atoms with Gasteiger partial charge in [-0.05, 0) is 38.9 Å². The second-order valence-electron chi connectivity index (χ2n) is 4.68. The van der Waals surface area contributed by atoms with Crippen LogP contribution in [0.4, 0.5) is 4.39 Å². The van der Waals surface area contributed by atoms with Crippen molar-refractivity contribution in [2.24, 2.45) is 0 Å². The van der Waals surface area contributed by atoms with Crippen molar-refractivity contribution in [2.45, 2.75) is 39.8 Å². The summed E-state index contributed by atoms with van der Waals surface area (Å²) in [7, 11) is 0. The minimum Gasteiger partial charge on any atom is -0.478 e. The Morgan fingerprint density at radius 3 is 2.56 bits per heavy atom. The molecule has 0 aliphatic carbocycles. The largest absolute Gasteiger partial charge is 0.478 e. The van der Waals surface area contributed by atoms with Gasteiger partial charge in [-0.2, -0.15) is 0 Å². The normalized spacial score (nSPS) is 11.2. The van der Waals surface area contributed by atoms with E-state index in [4.69, 9.17) is 5.11 Å². The van der Waals surface area contributed by atoms with E-state index in [1.54, 1.807) is 6.07 Å². The topological polar surface area (TPSA) is 40.5 Å². The molecule has 0 bridgehead atoms. The molecule has 0 aromatic heterocycles. The summed E-state index contributed by atoms with van der Waals surface area (Å²) in [6.07, 6.45) is 1.01. The number of hydrogen-bond acceptors (Lipinski definition) is 2. The third-order valence-electron chi connectivity index (χ3n) is 2.91. The maximum atomic E-state index is 13.8. The molecule has 0 heterocycles. The molecule has 3 nitrogen and oxygen atoms in total. The van der Waals surface area contributed by atoms with Gasteiger partial charge in [-0.3, -0.25) is 4.90 Å². The number of carboxylic acids is 1. The number of benzene rings is 1. The Kier molecular flexibility index (Phi) is 5.28. The Morgan fingerprint density at radius 1 is 1.44 bits per heavy atom. The highest BCUT2D eigenvalue weighted by Gasteiger charge is 2.13. The predicted molar refractivity (Wildman–Crippen MR) is 69.2 cm³/mol. The van der Waals surface area contributed by atoms with Gasteiger partial charge in [-0.25, -0.2) is 9.18 Å². The molecule has 0 unspecified atom stereocenters. The highest BCUT2D eigenvalue weighted by Crippen LogP contribution is 2.15. The Labute approximate surface area is 107 Å². The van der Waals surface area contributed by atoms with Crippen LogP contribution in [0.3, 0.4) is 0 Å². The van der Waals surface area contributed by atoms with E-state index in [-0.39, 0.29) is 5.56 Å². The quantitative estimate of drug-likeness (QED) is 0.846. The number of carbonyl (C=O) groups is 1. The molecule has 0 fully saturated rings. The first-order valence-corrected chi connectivity index (χ1v) is 6.21. The minimum absolute atomic E-state index is 0.0113. The van der Waals surface area contributed by atoms with Gasteiger partial charge < -0.3 is 5.11 Å². The molecular formula is C14H20FNO2. The third-order valence-corrected chi connectivity index (χ3v) is 2.91. The number of halogens is 1. The number of rotatable bonds is 6. The molecule has 1 N–H and O–H groups in total. The lowest BCUT2D eigenvalue weighted by atomic mass is 10.1. The zero-order valence-corrected chi connectivity index (χ0v) is 11.1. The van der Waals surface area contributed by atoms with Gasteiger partial charge >= 0.3 is 5.97 Å². The molecule has 100 valence electrons. The van der Waals surface area contributed by atoms with Gasteiger partial charge in [0.15, 0.2) is 0 Å². The molecule has 0 aliphatic heterocycles. The molecule has 0 radical (unpaired) electrons. The molecule has 0 amide bonds. The van der Waals surface area contributed by atoms with E-state index in [0.29, 0.717) is 18.2 Å². The number of nitrogens with zero attached hydrogens (tertiary/aromatic N) is 1. The van der Waals surface area contributed by atoms with E-state index in [1.807, 2.05) is 0 Å². The van der Waals surface area contributed by atoms with Crippen LogP contribution < -0.4 is 0 Å². The predicted octanol–water partition coefficient (Wildman–Crippen LogP) is 3.14. The summed E-state index contributed by atoms with van der Waals surface area (Å²) in [5, 5.41) is 8.78. The zero-order valence-electron chi connectivity index (χ0n) is 11.1. The summed E-state index contributed by atoms with van der Waals surface area (Å²) in [6.45, 7) is 7.63. The molecule has 0 spiro atoms. The first-order valence-electron chi connectivity index (χ1n) is 6.21. The first-order chi connectivity index (χ1) is 8.45. The lowest BCUT2D eigenvalue weighted by molar-refractivity contribution is 0.0696. The molecular weight excluding hydrogens is 233 g/mol.